The molecule has 0 spiro atoms. The Morgan fingerprint density at radius 1 is 1.33 bits per heavy atom. The highest BCUT2D eigenvalue weighted by molar-refractivity contribution is 7.99. The lowest BCUT2D eigenvalue weighted by molar-refractivity contribution is 0.307. The van der Waals surface area contributed by atoms with Crippen LogP contribution in [-0.2, 0) is 16.6 Å². The van der Waals surface area contributed by atoms with E-state index in [-0.39, 0.29) is 0 Å². The highest BCUT2D eigenvalue weighted by atomic mass is 32.2. The van der Waals surface area contributed by atoms with Gasteiger partial charge >= 0.3 is 0 Å². The van der Waals surface area contributed by atoms with Crippen molar-refractivity contribution in [3.8, 4) is 0 Å². The summed E-state index contributed by atoms with van der Waals surface area (Å²) < 4.78 is 27.7. The van der Waals surface area contributed by atoms with Crippen molar-refractivity contribution in [2.45, 2.75) is 17.7 Å². The van der Waals surface area contributed by atoms with Crippen LogP contribution in [0.15, 0.2) is 10.3 Å². The number of hydrogen-bond donors (Lipinski definition) is 2. The van der Waals surface area contributed by atoms with Gasteiger partial charge < -0.3 is 10.2 Å². The molecule has 21 heavy (non-hydrogen) atoms. The van der Waals surface area contributed by atoms with E-state index in [0.29, 0.717) is 17.3 Å². The molecule has 0 bridgehead atoms. The van der Waals surface area contributed by atoms with Gasteiger partial charge in [-0.3, -0.25) is 0 Å². The monoisotopic (exact) mass is 349 g/mol. The first kappa shape index (κ1) is 17.2. The van der Waals surface area contributed by atoms with Crippen LogP contribution in [0.1, 0.15) is 10.4 Å². The smallest absolute Gasteiger partial charge is 0.250 e. The van der Waals surface area contributed by atoms with E-state index in [9.17, 15) is 8.42 Å². The van der Waals surface area contributed by atoms with Crippen LogP contribution in [0, 0.1) is 6.92 Å². The molecule has 120 valence electrons. The third kappa shape index (κ3) is 4.94. The maximum absolute atomic E-state index is 12.3. The molecular formula is C13H23N3O2S3. The molecular weight excluding hydrogens is 326 g/mol. The summed E-state index contributed by atoms with van der Waals surface area (Å²) in [6.07, 6.45) is 0. The van der Waals surface area contributed by atoms with Gasteiger partial charge in [-0.25, -0.2) is 13.1 Å². The van der Waals surface area contributed by atoms with E-state index in [4.69, 9.17) is 0 Å². The van der Waals surface area contributed by atoms with Gasteiger partial charge in [-0.15, -0.1) is 11.3 Å². The van der Waals surface area contributed by atoms with E-state index in [0.717, 1.165) is 41.6 Å². The van der Waals surface area contributed by atoms with Crippen molar-refractivity contribution in [2.75, 3.05) is 44.7 Å². The summed E-state index contributed by atoms with van der Waals surface area (Å²) in [5, 5.41) is 3.06. The van der Waals surface area contributed by atoms with Crippen LogP contribution < -0.4 is 10.0 Å². The van der Waals surface area contributed by atoms with Crippen LogP contribution in [0.3, 0.4) is 0 Å². The maximum atomic E-state index is 12.3. The fraction of sp³-hybridized carbons (Fsp3) is 0.692. The number of thioether (sulfide) groups is 1. The number of nitrogens with zero attached hydrogens (tertiary/aromatic N) is 1. The first-order valence-corrected chi connectivity index (χ1v) is 10.5. The van der Waals surface area contributed by atoms with E-state index in [1.54, 1.807) is 6.07 Å². The SMILES string of the molecule is CNCc1sc(S(=O)(=O)NCCN2CCSCC2)cc1C. The molecule has 8 heteroatoms. The predicted molar refractivity (Wildman–Crippen MR) is 90.8 cm³/mol. The molecule has 1 aromatic heterocycles. The topological polar surface area (TPSA) is 61.4 Å². The molecule has 0 atom stereocenters. The summed E-state index contributed by atoms with van der Waals surface area (Å²) >= 11 is 3.31. The molecule has 0 unspecified atom stereocenters. The zero-order chi connectivity index (χ0) is 15.3. The molecule has 1 saturated heterocycles. The Balaban J connectivity index is 1.90. The van der Waals surface area contributed by atoms with E-state index in [2.05, 4.69) is 14.9 Å². The minimum Gasteiger partial charge on any atom is -0.315 e. The zero-order valence-electron chi connectivity index (χ0n) is 12.5. The molecule has 1 fully saturated rings. The Morgan fingerprint density at radius 3 is 2.71 bits per heavy atom. The van der Waals surface area contributed by atoms with E-state index in [1.165, 1.54) is 11.3 Å². The van der Waals surface area contributed by atoms with Crippen molar-refractivity contribution in [3.63, 3.8) is 0 Å². The second-order valence-electron chi connectivity index (χ2n) is 5.05. The normalized spacial score (nSPS) is 17.2. The van der Waals surface area contributed by atoms with E-state index >= 15 is 0 Å². The van der Waals surface area contributed by atoms with Gasteiger partial charge in [0.2, 0.25) is 10.0 Å². The molecule has 1 aliphatic heterocycles. The number of aryl methyl sites for hydroxylation is 1. The van der Waals surface area contributed by atoms with Gasteiger partial charge in [0, 0.05) is 49.1 Å². The predicted octanol–water partition coefficient (Wildman–Crippen LogP) is 1.10. The third-order valence-corrected chi connectivity index (χ3v) is 7.54. The van der Waals surface area contributed by atoms with Crippen molar-refractivity contribution in [2.24, 2.45) is 0 Å². The molecule has 0 aliphatic carbocycles. The quantitative estimate of drug-likeness (QED) is 0.772. The molecule has 0 saturated carbocycles. The molecule has 2 heterocycles. The number of sulfonamides is 1. The molecule has 1 aromatic rings. The van der Waals surface area contributed by atoms with Crippen molar-refractivity contribution in [3.05, 3.63) is 16.5 Å². The van der Waals surface area contributed by atoms with Crippen LogP contribution in [0.25, 0.3) is 0 Å². The first-order chi connectivity index (χ1) is 10.0. The summed E-state index contributed by atoms with van der Waals surface area (Å²) in [6, 6.07) is 1.76. The van der Waals surface area contributed by atoms with Crippen LogP contribution in [-0.4, -0.2) is 58.1 Å². The Kier molecular flexibility index (Phi) is 6.51. The second-order valence-corrected chi connectivity index (χ2v) is 9.41. The van der Waals surface area contributed by atoms with Crippen LogP contribution in [0.2, 0.25) is 0 Å². The molecule has 2 rings (SSSR count). The van der Waals surface area contributed by atoms with Gasteiger partial charge in [-0.1, -0.05) is 0 Å². The average Bonchev–Trinajstić information content (AvgIpc) is 2.83. The highest BCUT2D eigenvalue weighted by Gasteiger charge is 2.19. The average molecular weight is 350 g/mol. The fourth-order valence-electron chi connectivity index (χ4n) is 2.19. The molecule has 1 aliphatic rings. The number of hydrogen-bond acceptors (Lipinski definition) is 6. The summed E-state index contributed by atoms with van der Waals surface area (Å²) in [6.45, 7) is 6.03. The lowest BCUT2D eigenvalue weighted by atomic mass is 10.3. The Hall–Kier alpha value is -0.120. The van der Waals surface area contributed by atoms with Crippen LogP contribution >= 0.6 is 23.1 Å². The summed E-state index contributed by atoms with van der Waals surface area (Å²) in [7, 11) is -1.51. The van der Waals surface area contributed by atoms with Gasteiger partial charge in [0.25, 0.3) is 0 Å². The van der Waals surface area contributed by atoms with Gasteiger partial charge in [0.15, 0.2) is 0 Å². The van der Waals surface area contributed by atoms with E-state index in [1.807, 2.05) is 25.7 Å². The summed E-state index contributed by atoms with van der Waals surface area (Å²) in [4.78, 5) is 3.39. The number of nitrogens with one attached hydrogen (secondary N) is 2. The van der Waals surface area contributed by atoms with Gasteiger partial charge in [-0.2, -0.15) is 11.8 Å². The Bertz CT molecular complexity index is 551. The minimum absolute atomic E-state index is 0.416. The highest BCUT2D eigenvalue weighted by Crippen LogP contribution is 2.25. The first-order valence-electron chi connectivity index (χ1n) is 7.06. The Labute approximate surface area is 135 Å². The van der Waals surface area contributed by atoms with Crippen molar-refractivity contribution in [1.82, 2.24) is 14.9 Å². The zero-order valence-corrected chi connectivity index (χ0v) is 15.0. The van der Waals surface area contributed by atoms with Crippen LogP contribution in [0.4, 0.5) is 0 Å². The standard InChI is InChI=1S/C13H23N3O2S3/c1-11-9-13(20-12(11)10-14-2)21(17,18)15-3-4-16-5-7-19-8-6-16/h9,14-15H,3-8,10H2,1-2H3. The van der Waals surface area contributed by atoms with Crippen LogP contribution in [0.5, 0.6) is 0 Å². The second kappa shape index (κ2) is 7.94. The largest absolute Gasteiger partial charge is 0.315 e. The maximum Gasteiger partial charge on any atom is 0.250 e. The third-order valence-electron chi connectivity index (χ3n) is 3.42. The lowest BCUT2D eigenvalue weighted by Gasteiger charge is -2.25. The summed E-state index contributed by atoms with van der Waals surface area (Å²) in [5.74, 6) is 2.29. The molecule has 5 nitrogen and oxygen atoms in total. The molecule has 0 aromatic carbocycles. The molecule has 0 amide bonds. The molecule has 2 N–H and O–H groups in total. The van der Waals surface area contributed by atoms with Crippen molar-refractivity contribution < 1.29 is 8.42 Å². The Morgan fingerprint density at radius 2 is 2.05 bits per heavy atom. The van der Waals surface area contributed by atoms with E-state index < -0.39 is 10.0 Å². The van der Waals surface area contributed by atoms with Gasteiger partial charge in [0.05, 0.1) is 0 Å². The number of thiophene rings is 1. The molecule has 0 radical (unpaired) electrons. The van der Waals surface area contributed by atoms with Crippen molar-refractivity contribution in [1.29, 1.82) is 0 Å². The van der Waals surface area contributed by atoms with Crippen molar-refractivity contribution >= 4 is 33.1 Å². The van der Waals surface area contributed by atoms with Gasteiger partial charge in [-0.05, 0) is 25.6 Å². The minimum atomic E-state index is -3.37. The lowest BCUT2D eigenvalue weighted by Crippen LogP contribution is -2.39. The fourth-order valence-corrected chi connectivity index (χ4v) is 5.84. The van der Waals surface area contributed by atoms with Gasteiger partial charge in [0.1, 0.15) is 4.21 Å². The number of rotatable bonds is 7. The summed E-state index contributed by atoms with van der Waals surface area (Å²) in [5.41, 5.74) is 1.03.